The molecule has 0 aliphatic carbocycles. The molecule has 4 nitrogen and oxygen atoms in total. The van der Waals surface area contributed by atoms with Gasteiger partial charge in [0.05, 0.1) is 5.88 Å². The molecule has 0 saturated carbocycles. The van der Waals surface area contributed by atoms with E-state index >= 15 is 0 Å². The average Bonchev–Trinajstić information content (AvgIpc) is 2.07. The van der Waals surface area contributed by atoms with Gasteiger partial charge in [-0.1, -0.05) is 18.7 Å². The molecule has 2 amide bonds. The van der Waals surface area contributed by atoms with Crippen molar-refractivity contribution in [3.8, 4) is 0 Å². The molecular weight excluding hydrogens is 210 g/mol. The van der Waals surface area contributed by atoms with Crippen molar-refractivity contribution in [1.29, 1.82) is 5.41 Å². The molecule has 1 aliphatic rings. The second kappa shape index (κ2) is 5.34. The topological polar surface area (TPSA) is 47.4 Å². The van der Waals surface area contributed by atoms with E-state index < -0.39 is 0 Å². The molecular formula is C7H14ClN3OS. The van der Waals surface area contributed by atoms with Gasteiger partial charge >= 0.3 is 6.03 Å². The monoisotopic (exact) mass is 223 g/mol. The van der Waals surface area contributed by atoms with Crippen molar-refractivity contribution >= 4 is 35.4 Å². The predicted octanol–water partition coefficient (Wildman–Crippen LogP) is 1.81. The molecule has 0 bridgehead atoms. The summed E-state index contributed by atoms with van der Waals surface area (Å²) in [4.78, 5) is 14.6. The van der Waals surface area contributed by atoms with Crippen LogP contribution in [0.2, 0.25) is 0 Å². The number of hydrogen-bond acceptors (Lipinski definition) is 3. The second-order valence-electron chi connectivity index (χ2n) is 2.68. The molecule has 1 N–H and O–H groups in total. The minimum absolute atomic E-state index is 0. The van der Waals surface area contributed by atoms with E-state index in [1.165, 1.54) is 16.7 Å². The Hall–Kier alpha value is -0.420. The van der Waals surface area contributed by atoms with Crippen LogP contribution in [0.4, 0.5) is 4.79 Å². The smallest absolute Gasteiger partial charge is 0.315 e. The Morgan fingerprint density at radius 2 is 2.23 bits per heavy atom. The lowest BCUT2D eigenvalue weighted by molar-refractivity contribution is 0.188. The number of nitrogens with one attached hydrogen (secondary N) is 1. The number of amidine groups is 1. The van der Waals surface area contributed by atoms with Crippen LogP contribution in [0.15, 0.2) is 0 Å². The summed E-state index contributed by atoms with van der Waals surface area (Å²) in [6.07, 6.45) is 0.966. The van der Waals surface area contributed by atoms with Gasteiger partial charge in [0.15, 0.2) is 5.17 Å². The van der Waals surface area contributed by atoms with Crippen LogP contribution in [0.5, 0.6) is 0 Å². The molecule has 0 radical (unpaired) electrons. The molecule has 1 saturated heterocycles. The molecule has 1 heterocycles. The molecule has 0 atom stereocenters. The van der Waals surface area contributed by atoms with Crippen LogP contribution in [0.1, 0.15) is 13.3 Å². The highest BCUT2D eigenvalue weighted by Crippen LogP contribution is 2.17. The number of urea groups is 1. The Balaban J connectivity index is 0.00000144. The number of rotatable bonds is 2. The maximum absolute atomic E-state index is 11.4. The zero-order valence-corrected chi connectivity index (χ0v) is 9.37. The summed E-state index contributed by atoms with van der Waals surface area (Å²) in [5.74, 6) is 0.621. The number of hydrogen-bond donors (Lipinski definition) is 1. The number of amides is 2. The first-order valence-electron chi connectivity index (χ1n) is 3.90. The Morgan fingerprint density at radius 3 is 2.77 bits per heavy atom. The fourth-order valence-corrected chi connectivity index (χ4v) is 1.81. The molecule has 13 heavy (non-hydrogen) atoms. The van der Waals surface area contributed by atoms with E-state index in [2.05, 4.69) is 0 Å². The Bertz CT molecular complexity index is 212. The van der Waals surface area contributed by atoms with Crippen molar-refractivity contribution in [3.63, 3.8) is 0 Å². The van der Waals surface area contributed by atoms with Gasteiger partial charge in [0.1, 0.15) is 0 Å². The van der Waals surface area contributed by atoms with E-state index in [9.17, 15) is 4.79 Å². The Kier molecular flexibility index (Phi) is 5.17. The molecule has 0 unspecified atom stereocenters. The van der Waals surface area contributed by atoms with Crippen LogP contribution in [0.25, 0.3) is 0 Å². The van der Waals surface area contributed by atoms with Crippen LogP contribution in [-0.4, -0.2) is 40.5 Å². The normalized spacial score (nSPS) is 17.4. The third kappa shape index (κ3) is 2.77. The summed E-state index contributed by atoms with van der Waals surface area (Å²) in [7, 11) is 1.64. The third-order valence-corrected chi connectivity index (χ3v) is 2.70. The Labute approximate surface area is 88.6 Å². The standard InChI is InChI=1S/C7H13N3OS.ClH/c1-3-4-10-5-12-6(8)9(2)7(10)11;/h8H,3-5H2,1-2H3;1H. The predicted molar refractivity (Wildman–Crippen MR) is 57.6 cm³/mol. The lowest BCUT2D eigenvalue weighted by Crippen LogP contribution is -2.47. The van der Waals surface area contributed by atoms with Gasteiger partial charge in [-0.2, -0.15) is 0 Å². The van der Waals surface area contributed by atoms with E-state index in [1.54, 1.807) is 11.9 Å². The van der Waals surface area contributed by atoms with Gasteiger partial charge in [-0.15, -0.1) is 12.4 Å². The van der Waals surface area contributed by atoms with Crippen molar-refractivity contribution < 1.29 is 4.79 Å². The molecule has 6 heteroatoms. The molecule has 0 spiro atoms. The van der Waals surface area contributed by atoms with Crippen molar-refractivity contribution in [2.45, 2.75) is 13.3 Å². The summed E-state index contributed by atoms with van der Waals surface area (Å²) >= 11 is 1.39. The first-order chi connectivity index (χ1) is 5.66. The highest BCUT2D eigenvalue weighted by Gasteiger charge is 2.26. The minimum atomic E-state index is -0.0550. The van der Waals surface area contributed by atoms with Gasteiger partial charge < -0.3 is 4.90 Å². The van der Waals surface area contributed by atoms with Crippen molar-refractivity contribution in [2.75, 3.05) is 19.5 Å². The minimum Gasteiger partial charge on any atom is -0.315 e. The van der Waals surface area contributed by atoms with Gasteiger partial charge in [0, 0.05) is 13.6 Å². The maximum atomic E-state index is 11.4. The van der Waals surface area contributed by atoms with E-state index in [-0.39, 0.29) is 18.4 Å². The van der Waals surface area contributed by atoms with Crippen LogP contribution < -0.4 is 0 Å². The lowest BCUT2D eigenvalue weighted by Gasteiger charge is -2.32. The first-order valence-corrected chi connectivity index (χ1v) is 4.89. The van der Waals surface area contributed by atoms with Crippen LogP contribution in [-0.2, 0) is 0 Å². The third-order valence-electron chi connectivity index (χ3n) is 1.71. The summed E-state index contributed by atoms with van der Waals surface area (Å²) in [6.45, 7) is 2.82. The molecule has 1 aliphatic heterocycles. The number of nitrogens with zero attached hydrogens (tertiary/aromatic N) is 2. The average molecular weight is 224 g/mol. The molecule has 1 rings (SSSR count). The zero-order chi connectivity index (χ0) is 9.14. The Morgan fingerprint density at radius 1 is 1.62 bits per heavy atom. The molecule has 0 aromatic carbocycles. The SMILES string of the molecule is CCCN1CSC(=N)N(C)C1=O.Cl. The number of carbonyl (C=O) groups is 1. The number of halogens is 1. The van der Waals surface area contributed by atoms with Crippen molar-refractivity contribution in [2.24, 2.45) is 0 Å². The largest absolute Gasteiger partial charge is 0.326 e. The van der Waals surface area contributed by atoms with Gasteiger partial charge in [-0.05, 0) is 6.42 Å². The number of thioether (sulfide) groups is 1. The molecule has 76 valence electrons. The van der Waals surface area contributed by atoms with Gasteiger partial charge in [-0.3, -0.25) is 10.3 Å². The summed E-state index contributed by atoms with van der Waals surface area (Å²) < 4.78 is 0. The summed E-state index contributed by atoms with van der Waals surface area (Å²) in [6, 6.07) is -0.0550. The highest BCUT2D eigenvalue weighted by atomic mass is 35.5. The van der Waals surface area contributed by atoms with E-state index in [0.717, 1.165) is 13.0 Å². The fraction of sp³-hybridized carbons (Fsp3) is 0.714. The van der Waals surface area contributed by atoms with Crippen LogP contribution in [0.3, 0.4) is 0 Å². The molecule has 0 aromatic heterocycles. The van der Waals surface area contributed by atoms with Gasteiger partial charge in [0.25, 0.3) is 0 Å². The molecule has 0 aromatic rings. The van der Waals surface area contributed by atoms with Gasteiger partial charge in [-0.25, -0.2) is 4.79 Å². The second-order valence-corrected chi connectivity index (χ2v) is 3.62. The summed E-state index contributed by atoms with van der Waals surface area (Å²) in [5.41, 5.74) is 0. The van der Waals surface area contributed by atoms with Crippen molar-refractivity contribution in [1.82, 2.24) is 9.80 Å². The highest BCUT2D eigenvalue weighted by molar-refractivity contribution is 8.13. The summed E-state index contributed by atoms with van der Waals surface area (Å²) in [5, 5.41) is 7.73. The van der Waals surface area contributed by atoms with Crippen LogP contribution >= 0.6 is 24.2 Å². The quantitative estimate of drug-likeness (QED) is 0.776. The number of carbonyl (C=O) groups excluding carboxylic acids is 1. The maximum Gasteiger partial charge on any atom is 0.326 e. The zero-order valence-electron chi connectivity index (χ0n) is 7.74. The fourth-order valence-electron chi connectivity index (χ4n) is 1.02. The van der Waals surface area contributed by atoms with Crippen molar-refractivity contribution in [3.05, 3.63) is 0 Å². The first kappa shape index (κ1) is 12.6. The van der Waals surface area contributed by atoms with Gasteiger partial charge in [0.2, 0.25) is 0 Å². The molecule has 1 fully saturated rings. The van der Waals surface area contributed by atoms with E-state index in [1.807, 2.05) is 6.92 Å². The van der Waals surface area contributed by atoms with E-state index in [4.69, 9.17) is 5.41 Å². The van der Waals surface area contributed by atoms with Crippen LogP contribution in [0, 0.1) is 5.41 Å². The lowest BCUT2D eigenvalue weighted by atomic mass is 10.4. The van der Waals surface area contributed by atoms with E-state index in [0.29, 0.717) is 11.0 Å².